The van der Waals surface area contributed by atoms with Gasteiger partial charge >= 0.3 is 0 Å². The highest BCUT2D eigenvalue weighted by Crippen LogP contribution is 2.14. The van der Waals surface area contributed by atoms with Crippen molar-refractivity contribution in [1.29, 1.82) is 0 Å². The number of nitrogens with zero attached hydrogens (tertiary/aromatic N) is 1. The summed E-state index contributed by atoms with van der Waals surface area (Å²) in [6, 6.07) is 18.9. The Bertz CT molecular complexity index is 505. The molecule has 2 aromatic carbocycles. The van der Waals surface area contributed by atoms with Gasteiger partial charge in [0.1, 0.15) is 5.75 Å². The van der Waals surface area contributed by atoms with Crippen LogP contribution >= 0.6 is 0 Å². The fourth-order valence-corrected chi connectivity index (χ4v) is 2.28. The summed E-state index contributed by atoms with van der Waals surface area (Å²) in [7, 11) is 4.14. The van der Waals surface area contributed by atoms with E-state index in [0.717, 1.165) is 25.2 Å². The van der Waals surface area contributed by atoms with Crippen LogP contribution in [0.4, 0.5) is 5.69 Å². The second-order valence-corrected chi connectivity index (χ2v) is 5.53. The largest absolute Gasteiger partial charge is 0.494 e. The van der Waals surface area contributed by atoms with Crippen molar-refractivity contribution in [2.45, 2.75) is 25.7 Å². The van der Waals surface area contributed by atoms with Gasteiger partial charge in [0.15, 0.2) is 0 Å². The van der Waals surface area contributed by atoms with E-state index in [2.05, 4.69) is 43.3 Å². The minimum atomic E-state index is 0.809. The van der Waals surface area contributed by atoms with Crippen molar-refractivity contribution < 1.29 is 4.74 Å². The van der Waals surface area contributed by atoms with Crippen LogP contribution in [0.25, 0.3) is 0 Å². The number of anilines is 1. The second-order valence-electron chi connectivity index (χ2n) is 5.53. The summed E-state index contributed by atoms with van der Waals surface area (Å²) in [6.07, 6.45) is 4.70. The van der Waals surface area contributed by atoms with E-state index in [9.17, 15) is 0 Å². The van der Waals surface area contributed by atoms with Gasteiger partial charge in [0.05, 0.1) is 6.61 Å². The molecule has 21 heavy (non-hydrogen) atoms. The van der Waals surface area contributed by atoms with Crippen LogP contribution in [0.15, 0.2) is 54.6 Å². The molecule has 0 aliphatic carbocycles. The average molecular weight is 283 g/mol. The molecule has 0 bridgehead atoms. The number of para-hydroxylation sites is 1. The molecule has 0 spiro atoms. The van der Waals surface area contributed by atoms with Gasteiger partial charge in [-0.2, -0.15) is 0 Å². The Morgan fingerprint density at radius 1 is 0.810 bits per heavy atom. The van der Waals surface area contributed by atoms with Gasteiger partial charge in [0.25, 0.3) is 0 Å². The Hall–Kier alpha value is -1.96. The molecule has 0 aromatic heterocycles. The number of unbranched alkanes of at least 4 members (excludes halogenated alkanes) is 2. The molecule has 0 aliphatic heterocycles. The summed E-state index contributed by atoms with van der Waals surface area (Å²) in [4.78, 5) is 2.13. The highest BCUT2D eigenvalue weighted by Gasteiger charge is 1.97. The Morgan fingerprint density at radius 3 is 2.19 bits per heavy atom. The molecular formula is C19H25NO. The van der Waals surface area contributed by atoms with Crippen LogP contribution in [0.2, 0.25) is 0 Å². The van der Waals surface area contributed by atoms with Crippen molar-refractivity contribution in [3.63, 3.8) is 0 Å². The predicted octanol–water partition coefficient (Wildman–Crippen LogP) is 4.54. The number of hydrogen-bond acceptors (Lipinski definition) is 2. The molecule has 0 atom stereocenters. The molecule has 0 heterocycles. The predicted molar refractivity (Wildman–Crippen MR) is 90.3 cm³/mol. The van der Waals surface area contributed by atoms with Crippen LogP contribution in [-0.4, -0.2) is 20.7 Å². The van der Waals surface area contributed by atoms with Crippen LogP contribution in [-0.2, 0) is 6.42 Å². The number of benzene rings is 2. The van der Waals surface area contributed by atoms with E-state index in [4.69, 9.17) is 4.74 Å². The Balaban J connectivity index is 1.59. The molecule has 0 saturated carbocycles. The summed E-state index contributed by atoms with van der Waals surface area (Å²) < 4.78 is 5.69. The van der Waals surface area contributed by atoms with Gasteiger partial charge in [-0.15, -0.1) is 0 Å². The van der Waals surface area contributed by atoms with E-state index in [-0.39, 0.29) is 0 Å². The fourth-order valence-electron chi connectivity index (χ4n) is 2.28. The number of ether oxygens (including phenoxy) is 1. The maximum atomic E-state index is 5.69. The number of aryl methyl sites for hydroxylation is 1. The third kappa shape index (κ3) is 5.50. The molecule has 0 amide bonds. The Kier molecular flexibility index (Phi) is 6.14. The molecule has 2 heteroatoms. The van der Waals surface area contributed by atoms with Gasteiger partial charge in [-0.3, -0.25) is 0 Å². The monoisotopic (exact) mass is 283 g/mol. The highest BCUT2D eigenvalue weighted by atomic mass is 16.5. The Morgan fingerprint density at radius 2 is 1.52 bits per heavy atom. The lowest BCUT2D eigenvalue weighted by Gasteiger charge is -2.12. The lowest BCUT2D eigenvalue weighted by molar-refractivity contribution is 0.305. The van der Waals surface area contributed by atoms with Gasteiger partial charge in [-0.05, 0) is 55.5 Å². The zero-order valence-electron chi connectivity index (χ0n) is 13.1. The first kappa shape index (κ1) is 15.4. The van der Waals surface area contributed by atoms with E-state index in [1.54, 1.807) is 0 Å². The van der Waals surface area contributed by atoms with Gasteiger partial charge in [0, 0.05) is 19.8 Å². The quantitative estimate of drug-likeness (QED) is 0.659. The molecule has 2 nitrogen and oxygen atoms in total. The van der Waals surface area contributed by atoms with Gasteiger partial charge in [0.2, 0.25) is 0 Å². The third-order valence-corrected chi connectivity index (χ3v) is 3.57. The van der Waals surface area contributed by atoms with Gasteiger partial charge in [-0.25, -0.2) is 0 Å². The molecule has 0 fully saturated rings. The van der Waals surface area contributed by atoms with Crippen LogP contribution in [0, 0.1) is 0 Å². The maximum Gasteiger partial charge on any atom is 0.119 e. The molecule has 0 radical (unpaired) electrons. The molecule has 0 unspecified atom stereocenters. The minimum Gasteiger partial charge on any atom is -0.494 e. The summed E-state index contributed by atoms with van der Waals surface area (Å²) in [5.41, 5.74) is 2.68. The van der Waals surface area contributed by atoms with Crippen molar-refractivity contribution in [3.8, 4) is 5.75 Å². The van der Waals surface area contributed by atoms with Crippen molar-refractivity contribution in [3.05, 3.63) is 60.2 Å². The van der Waals surface area contributed by atoms with Crippen molar-refractivity contribution in [2.24, 2.45) is 0 Å². The number of rotatable bonds is 8. The third-order valence-electron chi connectivity index (χ3n) is 3.57. The molecule has 0 N–H and O–H groups in total. The molecule has 112 valence electrons. The second kappa shape index (κ2) is 8.35. The molecule has 2 rings (SSSR count). The lowest BCUT2D eigenvalue weighted by Crippen LogP contribution is -2.08. The topological polar surface area (TPSA) is 12.5 Å². The fraction of sp³-hybridized carbons (Fsp3) is 0.368. The summed E-state index contributed by atoms with van der Waals surface area (Å²) >= 11 is 0. The zero-order chi connectivity index (χ0) is 14.9. The summed E-state index contributed by atoms with van der Waals surface area (Å²) in [5.74, 6) is 0.969. The van der Waals surface area contributed by atoms with Crippen LogP contribution < -0.4 is 9.64 Å². The van der Waals surface area contributed by atoms with Crippen molar-refractivity contribution in [2.75, 3.05) is 25.6 Å². The van der Waals surface area contributed by atoms with Gasteiger partial charge < -0.3 is 9.64 Å². The van der Waals surface area contributed by atoms with Crippen LogP contribution in [0.1, 0.15) is 24.8 Å². The van der Waals surface area contributed by atoms with E-state index >= 15 is 0 Å². The molecular weight excluding hydrogens is 258 g/mol. The maximum absolute atomic E-state index is 5.69. The first-order valence-electron chi connectivity index (χ1n) is 7.70. The van der Waals surface area contributed by atoms with E-state index in [1.807, 2.05) is 30.3 Å². The van der Waals surface area contributed by atoms with Gasteiger partial charge in [-0.1, -0.05) is 30.3 Å². The first-order valence-corrected chi connectivity index (χ1v) is 7.70. The summed E-state index contributed by atoms with van der Waals surface area (Å²) in [5, 5.41) is 0. The smallest absolute Gasteiger partial charge is 0.119 e. The van der Waals surface area contributed by atoms with Crippen molar-refractivity contribution in [1.82, 2.24) is 0 Å². The van der Waals surface area contributed by atoms with E-state index in [0.29, 0.717) is 0 Å². The molecule has 0 aliphatic rings. The minimum absolute atomic E-state index is 0.809. The SMILES string of the molecule is CN(C)c1ccc(CCCCCOc2ccccc2)cc1. The average Bonchev–Trinajstić information content (AvgIpc) is 2.52. The van der Waals surface area contributed by atoms with Crippen LogP contribution in [0.3, 0.4) is 0 Å². The van der Waals surface area contributed by atoms with E-state index in [1.165, 1.54) is 24.1 Å². The van der Waals surface area contributed by atoms with E-state index < -0.39 is 0 Å². The first-order chi connectivity index (χ1) is 10.3. The normalized spacial score (nSPS) is 10.4. The van der Waals surface area contributed by atoms with Crippen molar-refractivity contribution >= 4 is 5.69 Å². The zero-order valence-corrected chi connectivity index (χ0v) is 13.1. The lowest BCUT2D eigenvalue weighted by atomic mass is 10.1. The highest BCUT2D eigenvalue weighted by molar-refractivity contribution is 5.45. The molecule has 2 aromatic rings. The van der Waals surface area contributed by atoms with Crippen LogP contribution in [0.5, 0.6) is 5.75 Å². The Labute approximate surface area is 128 Å². The molecule has 0 saturated heterocycles. The standard InChI is InChI=1S/C19H25NO/c1-20(2)18-14-12-17(13-15-18)9-5-4-8-16-21-19-10-6-3-7-11-19/h3,6-7,10-15H,4-5,8-9,16H2,1-2H3. The summed E-state index contributed by atoms with van der Waals surface area (Å²) in [6.45, 7) is 0.809. The number of hydrogen-bond donors (Lipinski definition) is 0.